The van der Waals surface area contributed by atoms with Crippen LogP contribution in [0.5, 0.6) is 0 Å². The fourth-order valence-corrected chi connectivity index (χ4v) is 6.26. The van der Waals surface area contributed by atoms with Gasteiger partial charge in [0.2, 0.25) is 10.0 Å². The van der Waals surface area contributed by atoms with Crippen LogP contribution >= 0.6 is 24.0 Å². The number of aliphatic imine (C=N–C) groups is 1. The van der Waals surface area contributed by atoms with E-state index in [1.54, 1.807) is 0 Å². The molecule has 1 aliphatic carbocycles. The minimum atomic E-state index is -3.23. The lowest BCUT2D eigenvalue weighted by Gasteiger charge is -2.45. The summed E-state index contributed by atoms with van der Waals surface area (Å²) in [6, 6.07) is 0. The predicted octanol–water partition coefficient (Wildman–Crippen LogP) is 0.552. The van der Waals surface area contributed by atoms with Crippen LogP contribution in [0.25, 0.3) is 0 Å². The Labute approximate surface area is 174 Å². The van der Waals surface area contributed by atoms with E-state index in [2.05, 4.69) is 15.0 Å². The summed E-state index contributed by atoms with van der Waals surface area (Å²) < 4.78 is 49.4. The summed E-state index contributed by atoms with van der Waals surface area (Å²) in [6.07, 6.45) is 5.58. The molecular formula is C15H31IN4O4S2. The molecule has 0 aromatic carbocycles. The maximum atomic E-state index is 12.7. The topological polar surface area (TPSA) is 108 Å². The molecule has 11 heteroatoms. The predicted molar refractivity (Wildman–Crippen MR) is 115 cm³/mol. The van der Waals surface area contributed by atoms with E-state index in [9.17, 15) is 16.8 Å². The molecule has 26 heavy (non-hydrogen) atoms. The van der Waals surface area contributed by atoms with Crippen molar-refractivity contribution in [2.45, 2.75) is 43.8 Å². The highest BCUT2D eigenvalue weighted by Gasteiger charge is 2.48. The summed E-state index contributed by atoms with van der Waals surface area (Å²) in [5, 5.41) is 3.20. The second-order valence-corrected chi connectivity index (χ2v) is 11.2. The lowest BCUT2D eigenvalue weighted by Crippen LogP contribution is -2.60. The fourth-order valence-electron chi connectivity index (χ4n) is 3.64. The SMILES string of the molecule is CCNC(=NCCNS(C)(=O)=O)N1CCS(=O)(=O)C2(CCCCC2)C1.I. The number of nitrogens with one attached hydrogen (secondary N) is 2. The third-order valence-corrected chi connectivity index (χ3v) is 8.21. The van der Waals surface area contributed by atoms with Crippen LogP contribution in [-0.4, -0.2) is 77.2 Å². The molecule has 0 amide bonds. The fraction of sp³-hybridized carbons (Fsp3) is 0.933. The van der Waals surface area contributed by atoms with E-state index in [0.717, 1.165) is 38.4 Å². The molecule has 0 radical (unpaired) electrons. The first-order valence-electron chi connectivity index (χ1n) is 8.89. The van der Waals surface area contributed by atoms with Crippen LogP contribution in [0.3, 0.4) is 0 Å². The zero-order valence-corrected chi connectivity index (χ0v) is 19.5. The van der Waals surface area contributed by atoms with E-state index >= 15 is 0 Å². The second-order valence-electron chi connectivity index (χ2n) is 6.89. The van der Waals surface area contributed by atoms with Gasteiger partial charge in [0.05, 0.1) is 23.3 Å². The Kier molecular flexibility index (Phi) is 9.08. The van der Waals surface area contributed by atoms with Gasteiger partial charge in [0.25, 0.3) is 0 Å². The van der Waals surface area contributed by atoms with Crippen LogP contribution in [0.1, 0.15) is 39.0 Å². The smallest absolute Gasteiger partial charge is 0.208 e. The molecule has 1 spiro atoms. The van der Waals surface area contributed by atoms with Crippen molar-refractivity contribution in [3.05, 3.63) is 0 Å². The van der Waals surface area contributed by atoms with Crippen LogP contribution in [-0.2, 0) is 19.9 Å². The Morgan fingerprint density at radius 3 is 2.46 bits per heavy atom. The largest absolute Gasteiger partial charge is 0.357 e. The van der Waals surface area contributed by atoms with Gasteiger partial charge < -0.3 is 10.2 Å². The Bertz CT molecular complexity index is 688. The summed E-state index contributed by atoms with van der Waals surface area (Å²) >= 11 is 0. The minimum Gasteiger partial charge on any atom is -0.357 e. The molecule has 154 valence electrons. The molecule has 0 unspecified atom stereocenters. The Hall–Kier alpha value is -0.140. The summed E-state index contributed by atoms with van der Waals surface area (Å²) in [7, 11) is -6.32. The van der Waals surface area contributed by atoms with E-state index in [-0.39, 0.29) is 36.3 Å². The molecule has 2 fully saturated rings. The van der Waals surface area contributed by atoms with Crippen molar-refractivity contribution >= 4 is 49.8 Å². The summed E-state index contributed by atoms with van der Waals surface area (Å²) in [4.78, 5) is 6.50. The van der Waals surface area contributed by atoms with Gasteiger partial charge in [-0.1, -0.05) is 19.3 Å². The zero-order valence-electron chi connectivity index (χ0n) is 15.5. The monoisotopic (exact) mass is 522 g/mol. The molecule has 1 saturated heterocycles. The molecule has 2 N–H and O–H groups in total. The van der Waals surface area contributed by atoms with E-state index in [4.69, 9.17) is 0 Å². The summed E-state index contributed by atoms with van der Waals surface area (Å²) in [5.41, 5.74) is 0. The maximum Gasteiger partial charge on any atom is 0.208 e. The standard InChI is InChI=1S/C15H30N4O4S2.HI/c1-3-16-14(17-9-10-18-24(2,20)21)19-11-12-25(22,23)15(13-19)7-5-4-6-8-15;/h18H,3-13H2,1-2H3,(H,16,17);1H. The van der Waals surface area contributed by atoms with Crippen molar-refractivity contribution in [2.75, 3.05) is 44.7 Å². The van der Waals surface area contributed by atoms with E-state index in [0.29, 0.717) is 32.1 Å². The van der Waals surface area contributed by atoms with E-state index < -0.39 is 24.6 Å². The van der Waals surface area contributed by atoms with Crippen molar-refractivity contribution in [3.8, 4) is 0 Å². The Morgan fingerprint density at radius 1 is 1.23 bits per heavy atom. The van der Waals surface area contributed by atoms with Crippen LogP contribution < -0.4 is 10.0 Å². The third-order valence-electron chi connectivity index (χ3n) is 4.91. The molecule has 0 aromatic rings. The number of rotatable bonds is 5. The van der Waals surface area contributed by atoms with Gasteiger partial charge in [-0.25, -0.2) is 21.6 Å². The zero-order chi connectivity index (χ0) is 18.6. The van der Waals surface area contributed by atoms with E-state index in [1.807, 2.05) is 11.8 Å². The first kappa shape index (κ1) is 23.9. The highest BCUT2D eigenvalue weighted by atomic mass is 127. The molecule has 2 rings (SSSR count). The van der Waals surface area contributed by atoms with E-state index in [1.165, 1.54) is 0 Å². The lowest BCUT2D eigenvalue weighted by molar-refractivity contribution is 0.274. The number of hydrogen-bond acceptors (Lipinski definition) is 5. The van der Waals surface area contributed by atoms with Crippen molar-refractivity contribution in [1.82, 2.24) is 14.9 Å². The van der Waals surface area contributed by atoms with Gasteiger partial charge in [-0.05, 0) is 19.8 Å². The van der Waals surface area contributed by atoms with Crippen molar-refractivity contribution < 1.29 is 16.8 Å². The molecule has 1 aliphatic heterocycles. The molecule has 1 saturated carbocycles. The van der Waals surface area contributed by atoms with Crippen LogP contribution in [0.15, 0.2) is 4.99 Å². The van der Waals surface area contributed by atoms with Crippen molar-refractivity contribution in [1.29, 1.82) is 0 Å². The molecule has 0 atom stereocenters. The highest BCUT2D eigenvalue weighted by molar-refractivity contribution is 14.0. The Balaban J connectivity index is 0.00000338. The maximum absolute atomic E-state index is 12.7. The van der Waals surface area contributed by atoms with Gasteiger partial charge in [-0.2, -0.15) is 0 Å². The van der Waals surface area contributed by atoms with Crippen LogP contribution in [0.2, 0.25) is 0 Å². The number of nitrogens with zero attached hydrogens (tertiary/aromatic N) is 2. The minimum absolute atomic E-state index is 0. The number of hydrogen-bond donors (Lipinski definition) is 2. The number of sulfonamides is 1. The highest BCUT2D eigenvalue weighted by Crippen LogP contribution is 2.38. The molecule has 1 heterocycles. The molecule has 0 bridgehead atoms. The number of halogens is 1. The molecule has 8 nitrogen and oxygen atoms in total. The van der Waals surface area contributed by atoms with Crippen molar-refractivity contribution in [3.63, 3.8) is 0 Å². The first-order valence-corrected chi connectivity index (χ1v) is 12.4. The first-order chi connectivity index (χ1) is 11.7. The number of sulfone groups is 1. The second kappa shape index (κ2) is 9.87. The average Bonchev–Trinajstić information content (AvgIpc) is 2.53. The van der Waals surface area contributed by atoms with Gasteiger partial charge in [0, 0.05) is 26.2 Å². The number of guanidine groups is 1. The van der Waals surface area contributed by atoms with Gasteiger partial charge in [-0.3, -0.25) is 4.99 Å². The van der Waals surface area contributed by atoms with Gasteiger partial charge in [0.1, 0.15) is 0 Å². The van der Waals surface area contributed by atoms with Crippen molar-refractivity contribution in [2.24, 2.45) is 4.99 Å². The van der Waals surface area contributed by atoms with Crippen LogP contribution in [0.4, 0.5) is 0 Å². The normalized spacial score (nSPS) is 22.7. The third kappa shape index (κ3) is 6.20. The average molecular weight is 522 g/mol. The summed E-state index contributed by atoms with van der Waals surface area (Å²) in [6.45, 7) is 4.07. The summed E-state index contributed by atoms with van der Waals surface area (Å²) in [5.74, 6) is 0.816. The van der Waals surface area contributed by atoms with Crippen LogP contribution in [0, 0.1) is 0 Å². The lowest BCUT2D eigenvalue weighted by atomic mass is 9.87. The molecular weight excluding hydrogens is 491 g/mol. The van der Waals surface area contributed by atoms with Gasteiger partial charge in [-0.15, -0.1) is 24.0 Å². The van der Waals surface area contributed by atoms with Gasteiger partial charge >= 0.3 is 0 Å². The van der Waals surface area contributed by atoms with Gasteiger partial charge in [0.15, 0.2) is 15.8 Å². The molecule has 0 aromatic heterocycles. The quantitative estimate of drug-likeness (QED) is 0.237. The molecule has 2 aliphatic rings. The Morgan fingerprint density at radius 2 is 1.88 bits per heavy atom.